The number of likely N-dealkylation sites (tertiary alicyclic amines) is 1. The minimum Gasteiger partial charge on any atom is -0.340 e. The van der Waals surface area contributed by atoms with Crippen molar-refractivity contribution in [2.75, 3.05) is 12.3 Å². The molecule has 1 saturated heterocycles. The van der Waals surface area contributed by atoms with Gasteiger partial charge in [0.1, 0.15) is 0 Å². The van der Waals surface area contributed by atoms with Gasteiger partial charge >= 0.3 is 0 Å². The molecule has 5 heteroatoms. The molecule has 0 aromatic heterocycles. The van der Waals surface area contributed by atoms with Crippen molar-refractivity contribution in [3.63, 3.8) is 0 Å². The predicted octanol–water partition coefficient (Wildman–Crippen LogP) is 2.25. The number of rotatable bonds is 5. The minimum atomic E-state index is -3.36. The number of carbonyl (C=O) groups excluding carboxylic acids is 1. The Kier molecular flexibility index (Phi) is 4.81. The lowest BCUT2D eigenvalue weighted by atomic mass is 10.1. The summed E-state index contributed by atoms with van der Waals surface area (Å²) < 4.78 is 24.3. The molecular formula is C15H21NO3S. The van der Waals surface area contributed by atoms with E-state index in [1.165, 1.54) is 0 Å². The summed E-state index contributed by atoms with van der Waals surface area (Å²) in [6, 6.07) is 8.61. The largest absolute Gasteiger partial charge is 0.340 e. The Labute approximate surface area is 120 Å². The first-order valence-electron chi connectivity index (χ1n) is 7.12. The van der Waals surface area contributed by atoms with Crippen molar-refractivity contribution >= 4 is 15.7 Å². The average Bonchev–Trinajstić information content (AvgIpc) is 2.94. The third-order valence-corrected chi connectivity index (χ3v) is 5.59. The molecule has 1 aliphatic rings. The Bertz CT molecular complexity index is 554. The minimum absolute atomic E-state index is 0.0335. The SMILES string of the molecule is CCC1CCCN1C(=O)CCS(=O)(=O)c1ccccc1. The summed E-state index contributed by atoms with van der Waals surface area (Å²) in [6.45, 7) is 2.83. The van der Waals surface area contributed by atoms with E-state index in [1.807, 2.05) is 4.90 Å². The number of benzene rings is 1. The lowest BCUT2D eigenvalue weighted by Gasteiger charge is -2.23. The number of hydrogen-bond donors (Lipinski definition) is 0. The van der Waals surface area contributed by atoms with Crippen LogP contribution < -0.4 is 0 Å². The zero-order valence-corrected chi connectivity index (χ0v) is 12.6. The van der Waals surface area contributed by atoms with Crippen molar-refractivity contribution in [1.29, 1.82) is 0 Å². The molecule has 4 nitrogen and oxygen atoms in total. The Morgan fingerprint density at radius 3 is 2.65 bits per heavy atom. The number of nitrogens with zero attached hydrogens (tertiary/aromatic N) is 1. The Hall–Kier alpha value is -1.36. The molecule has 1 heterocycles. The molecule has 0 N–H and O–H groups in total. The van der Waals surface area contributed by atoms with Crippen LogP contribution in [-0.4, -0.2) is 37.6 Å². The van der Waals surface area contributed by atoms with E-state index in [9.17, 15) is 13.2 Å². The molecule has 0 spiro atoms. The van der Waals surface area contributed by atoms with Gasteiger partial charge in [0, 0.05) is 19.0 Å². The molecule has 1 aromatic carbocycles. The van der Waals surface area contributed by atoms with Gasteiger partial charge in [-0.2, -0.15) is 0 Å². The standard InChI is InChI=1S/C15H21NO3S/c1-2-13-7-6-11-16(13)15(17)10-12-20(18,19)14-8-4-3-5-9-14/h3-5,8-9,13H,2,6-7,10-12H2,1H3. The van der Waals surface area contributed by atoms with Gasteiger partial charge in [0.15, 0.2) is 9.84 Å². The zero-order valence-electron chi connectivity index (χ0n) is 11.8. The van der Waals surface area contributed by atoms with Crippen molar-refractivity contribution < 1.29 is 13.2 Å². The molecule has 0 bridgehead atoms. The number of amides is 1. The van der Waals surface area contributed by atoms with Crippen LogP contribution in [0.4, 0.5) is 0 Å². The van der Waals surface area contributed by atoms with E-state index in [1.54, 1.807) is 30.3 Å². The first-order valence-corrected chi connectivity index (χ1v) is 8.77. The molecule has 1 aromatic rings. The van der Waals surface area contributed by atoms with Gasteiger partial charge in [0.05, 0.1) is 10.6 Å². The molecule has 1 atom stereocenters. The van der Waals surface area contributed by atoms with Crippen molar-refractivity contribution in [3.8, 4) is 0 Å². The third kappa shape index (κ3) is 3.39. The van der Waals surface area contributed by atoms with Crippen molar-refractivity contribution in [2.45, 2.75) is 43.5 Å². The Morgan fingerprint density at radius 1 is 1.30 bits per heavy atom. The third-order valence-electron chi connectivity index (χ3n) is 3.86. The van der Waals surface area contributed by atoms with Crippen LogP contribution in [0.15, 0.2) is 35.2 Å². The summed E-state index contributed by atoms with van der Waals surface area (Å²) in [6.07, 6.45) is 3.08. The van der Waals surface area contributed by atoms with Crippen molar-refractivity contribution in [3.05, 3.63) is 30.3 Å². The van der Waals surface area contributed by atoms with Crippen molar-refractivity contribution in [1.82, 2.24) is 4.90 Å². The van der Waals surface area contributed by atoms with Crippen molar-refractivity contribution in [2.24, 2.45) is 0 Å². The average molecular weight is 295 g/mol. The second kappa shape index (κ2) is 6.39. The summed E-state index contributed by atoms with van der Waals surface area (Å²) in [7, 11) is -3.36. The van der Waals surface area contributed by atoms with Crippen LogP contribution in [0.2, 0.25) is 0 Å². The van der Waals surface area contributed by atoms with E-state index in [-0.39, 0.29) is 18.1 Å². The van der Waals surface area contributed by atoms with E-state index in [0.29, 0.717) is 10.9 Å². The van der Waals surface area contributed by atoms with Gasteiger partial charge in [-0.15, -0.1) is 0 Å². The fourth-order valence-electron chi connectivity index (χ4n) is 2.70. The second-order valence-corrected chi connectivity index (χ2v) is 7.28. The van der Waals surface area contributed by atoms with Gasteiger partial charge in [-0.05, 0) is 31.4 Å². The predicted molar refractivity (Wildman–Crippen MR) is 78.1 cm³/mol. The van der Waals surface area contributed by atoms with E-state index < -0.39 is 9.84 Å². The summed E-state index contributed by atoms with van der Waals surface area (Å²) in [4.78, 5) is 14.3. The first kappa shape index (κ1) is 15.0. The molecule has 0 saturated carbocycles. The molecule has 1 unspecified atom stereocenters. The fraction of sp³-hybridized carbons (Fsp3) is 0.533. The summed E-state index contributed by atoms with van der Waals surface area (Å²) in [5, 5.41) is 0. The monoisotopic (exact) mass is 295 g/mol. The second-order valence-electron chi connectivity index (χ2n) is 5.17. The van der Waals surface area contributed by atoms with E-state index in [0.717, 1.165) is 25.8 Å². The molecule has 1 aliphatic heterocycles. The maximum Gasteiger partial charge on any atom is 0.223 e. The molecule has 0 aliphatic carbocycles. The topological polar surface area (TPSA) is 54.5 Å². The lowest BCUT2D eigenvalue weighted by molar-refractivity contribution is -0.131. The van der Waals surface area contributed by atoms with E-state index in [4.69, 9.17) is 0 Å². The van der Waals surface area contributed by atoms with Gasteiger partial charge < -0.3 is 4.90 Å². The van der Waals surface area contributed by atoms with Crippen LogP contribution in [0.1, 0.15) is 32.6 Å². The lowest BCUT2D eigenvalue weighted by Crippen LogP contribution is -2.36. The van der Waals surface area contributed by atoms with Crippen LogP contribution in [0.3, 0.4) is 0 Å². The molecule has 20 heavy (non-hydrogen) atoms. The van der Waals surface area contributed by atoms with Gasteiger partial charge in [-0.1, -0.05) is 25.1 Å². The Balaban J connectivity index is 1.97. The zero-order chi connectivity index (χ0) is 14.6. The maximum atomic E-state index is 12.2. The van der Waals surface area contributed by atoms with Gasteiger partial charge in [-0.25, -0.2) is 8.42 Å². The van der Waals surface area contributed by atoms with Crippen LogP contribution in [0.5, 0.6) is 0 Å². The van der Waals surface area contributed by atoms with Crippen LogP contribution >= 0.6 is 0 Å². The maximum absolute atomic E-state index is 12.2. The van der Waals surface area contributed by atoms with Gasteiger partial charge in [0.25, 0.3) is 0 Å². The molecule has 1 fully saturated rings. The number of hydrogen-bond acceptors (Lipinski definition) is 3. The quantitative estimate of drug-likeness (QED) is 0.837. The summed E-state index contributed by atoms with van der Waals surface area (Å²) in [5.41, 5.74) is 0. The summed E-state index contributed by atoms with van der Waals surface area (Å²) in [5.74, 6) is -0.142. The first-order chi connectivity index (χ1) is 9.54. The number of carbonyl (C=O) groups is 1. The fourth-order valence-corrected chi connectivity index (χ4v) is 3.95. The van der Waals surface area contributed by atoms with Gasteiger partial charge in [-0.3, -0.25) is 4.79 Å². The molecule has 110 valence electrons. The highest BCUT2D eigenvalue weighted by Gasteiger charge is 2.28. The van der Waals surface area contributed by atoms with E-state index >= 15 is 0 Å². The molecule has 0 radical (unpaired) electrons. The van der Waals surface area contributed by atoms with E-state index in [2.05, 4.69) is 6.92 Å². The highest BCUT2D eigenvalue weighted by molar-refractivity contribution is 7.91. The van der Waals surface area contributed by atoms with Crippen LogP contribution in [0.25, 0.3) is 0 Å². The molecular weight excluding hydrogens is 274 g/mol. The van der Waals surface area contributed by atoms with Crippen LogP contribution in [-0.2, 0) is 14.6 Å². The smallest absolute Gasteiger partial charge is 0.223 e. The normalized spacial score (nSPS) is 19.2. The Morgan fingerprint density at radius 2 is 2.00 bits per heavy atom. The molecule has 1 amide bonds. The molecule has 2 rings (SSSR count). The summed E-state index contributed by atoms with van der Waals surface area (Å²) >= 11 is 0. The van der Waals surface area contributed by atoms with Gasteiger partial charge in [0.2, 0.25) is 5.91 Å². The highest BCUT2D eigenvalue weighted by Crippen LogP contribution is 2.21. The highest BCUT2D eigenvalue weighted by atomic mass is 32.2. The number of sulfone groups is 1. The van der Waals surface area contributed by atoms with Crippen LogP contribution in [0, 0.1) is 0 Å².